The number of amides is 4. The van der Waals surface area contributed by atoms with Gasteiger partial charge in [0.2, 0.25) is 0 Å². The first-order valence-corrected chi connectivity index (χ1v) is 29.4. The van der Waals surface area contributed by atoms with Crippen LogP contribution < -0.4 is 63.1 Å². The van der Waals surface area contributed by atoms with E-state index < -0.39 is 0 Å². The summed E-state index contributed by atoms with van der Waals surface area (Å²) < 4.78 is 25.7. The lowest BCUT2D eigenvalue weighted by Crippen LogP contribution is -2.28. The molecule has 4 amide bonds. The highest BCUT2D eigenvalue weighted by Crippen LogP contribution is 2.42. The number of benzene rings is 8. The molecule has 24 nitrogen and oxygen atoms in total. The van der Waals surface area contributed by atoms with E-state index in [1.54, 1.807) is 109 Å². The quantitative estimate of drug-likeness (QED) is 0.0340. The van der Waals surface area contributed by atoms with Crippen molar-refractivity contribution in [3.63, 3.8) is 0 Å². The summed E-state index contributed by atoms with van der Waals surface area (Å²) in [6.45, 7) is 2.60. The van der Waals surface area contributed by atoms with Gasteiger partial charge >= 0.3 is 0 Å². The molecule has 0 fully saturated rings. The maximum absolute atomic E-state index is 12.7. The zero-order valence-corrected chi connectivity index (χ0v) is 49.1. The Hall–Kier alpha value is -12.0. The minimum absolute atomic E-state index is 0.254. The van der Waals surface area contributed by atoms with Gasteiger partial charge in [-0.1, -0.05) is 0 Å². The van der Waals surface area contributed by atoms with Gasteiger partial charge in [-0.15, -0.1) is 0 Å². The van der Waals surface area contributed by atoms with Gasteiger partial charge in [0.25, 0.3) is 23.6 Å². The summed E-state index contributed by atoms with van der Waals surface area (Å²) in [5.41, 5.74) is 28.2. The SMILES string of the molecule is NCCNC(=O)c1ccc(Oc2ccc3c(c2)-c2nc-3nc3[nH]c(nc4nc(nc5[nH]c(n2)c2ccc(Oc6ccc(C(=O)NCCN)cc6)cc52)-c2ccc(Oc5ccc(C(=O)NCCN)cc5)cc2-4)c2ccc(Oc4ccc(C(=O)NCCN)cc4)cc32)cc1. The Morgan fingerprint density at radius 2 is 0.543 bits per heavy atom. The van der Waals surface area contributed by atoms with Crippen molar-refractivity contribution in [2.45, 2.75) is 0 Å². The van der Waals surface area contributed by atoms with Crippen LogP contribution in [0.15, 0.2) is 170 Å². The van der Waals surface area contributed by atoms with Crippen molar-refractivity contribution in [2.24, 2.45) is 22.9 Å². The minimum atomic E-state index is -0.254. The first-order chi connectivity index (χ1) is 45.0. The summed E-state index contributed by atoms with van der Waals surface area (Å²) in [6, 6.07) is 49.1. The molecule has 0 spiro atoms. The molecule has 0 saturated heterocycles. The largest absolute Gasteiger partial charge is 0.457 e. The van der Waals surface area contributed by atoms with Crippen molar-refractivity contribution in [3.8, 4) is 91.5 Å². The van der Waals surface area contributed by atoms with Crippen LogP contribution in [-0.4, -0.2) is 116 Å². The van der Waals surface area contributed by atoms with E-state index in [1.807, 2.05) is 60.7 Å². The molecule has 8 bridgehead atoms. The molecule has 14 N–H and O–H groups in total. The smallest absolute Gasteiger partial charge is 0.251 e. The lowest BCUT2D eigenvalue weighted by atomic mass is 10.1. The molecule has 5 heterocycles. The van der Waals surface area contributed by atoms with Crippen LogP contribution in [0.1, 0.15) is 41.4 Å². The average molecular weight is 1230 g/mol. The Labute approximate surface area is 523 Å². The summed E-state index contributed by atoms with van der Waals surface area (Å²) in [4.78, 5) is 89.2. The van der Waals surface area contributed by atoms with Crippen LogP contribution in [0.4, 0.5) is 0 Å². The van der Waals surface area contributed by atoms with Gasteiger partial charge < -0.3 is 73.1 Å². The molecule has 0 unspecified atom stereocenters. The van der Waals surface area contributed by atoms with Crippen molar-refractivity contribution in [1.29, 1.82) is 0 Å². The van der Waals surface area contributed by atoms with E-state index in [2.05, 4.69) is 31.2 Å². The summed E-state index contributed by atoms with van der Waals surface area (Å²) in [5, 5.41) is 13.7. The molecule has 0 saturated carbocycles. The number of hydrogen-bond acceptors (Lipinski definition) is 18. The predicted octanol–water partition coefficient (Wildman–Crippen LogP) is 8.79. The van der Waals surface area contributed by atoms with E-state index in [-0.39, 0.29) is 35.3 Å². The zero-order chi connectivity index (χ0) is 63.2. The number of carbonyl (C=O) groups excluding carboxylic acids is 4. The van der Waals surface area contributed by atoms with Crippen molar-refractivity contribution in [1.82, 2.24) is 61.1 Å². The molecule has 11 aromatic rings. The highest BCUT2D eigenvalue weighted by atomic mass is 16.5. The van der Waals surface area contributed by atoms with Crippen LogP contribution in [0.25, 0.3) is 89.7 Å². The van der Waals surface area contributed by atoms with Crippen LogP contribution in [0, 0.1) is 0 Å². The number of carbonyl (C=O) groups is 4. The maximum Gasteiger partial charge on any atom is 0.251 e. The number of fused-ring (bicyclic) bond motifs is 20. The van der Waals surface area contributed by atoms with Crippen LogP contribution in [0.2, 0.25) is 0 Å². The molecule has 0 aliphatic carbocycles. The third-order valence-electron chi connectivity index (χ3n) is 14.8. The second kappa shape index (κ2) is 26.0. The van der Waals surface area contributed by atoms with Gasteiger partial charge in [0.15, 0.2) is 23.3 Å². The molecule has 2 aliphatic heterocycles. The number of ether oxygens (including phenoxy) is 4. The number of aromatic nitrogens is 8. The highest BCUT2D eigenvalue weighted by molar-refractivity contribution is 6.07. The second-order valence-corrected chi connectivity index (χ2v) is 21.1. The summed E-state index contributed by atoms with van der Waals surface area (Å²) in [7, 11) is 0. The normalized spacial score (nSPS) is 11.3. The number of aromatic amines is 2. The van der Waals surface area contributed by atoms with Crippen LogP contribution in [0.3, 0.4) is 0 Å². The monoisotopic (exact) mass is 1230 g/mol. The van der Waals surface area contributed by atoms with Crippen molar-refractivity contribution in [3.05, 3.63) is 192 Å². The third-order valence-corrected chi connectivity index (χ3v) is 14.8. The first kappa shape index (κ1) is 59.0. The fraction of sp³-hybridized carbons (Fsp3) is 0.118. The fourth-order valence-electron chi connectivity index (χ4n) is 10.4. The number of H-pyrrole nitrogens is 2. The van der Waals surface area contributed by atoms with Gasteiger partial charge in [0.1, 0.15) is 68.6 Å². The standard InChI is InChI=1S/C68H58N16O8/c69-25-29-73-65(85)37-1-9-41(10-2-37)89-45-17-21-49-53(33-45)61-77-57(49)82-62-55-35-47(91-43-13-5-39(6-14-43)67(87)75-31-27-71)19-23-51(55)59(79-62)84-64-56-36-48(92-44-15-7-40(8-16-44)68(88)76-32-28-72)20-24-52(56)60(80-64)83-63-54-34-46(18-22-50(54)58(78-63)81-61)90-42-11-3-38(4-12-42)66(86)74-30-26-70/h1-24,33-36H,25-32,69-72H2,(H,73,85)(H,74,86)(H,75,87)(H,76,88)(H2,77,78,79,80,81,82,83,84). The van der Waals surface area contributed by atoms with Crippen molar-refractivity contribution >= 4 is 67.8 Å². The van der Waals surface area contributed by atoms with Gasteiger partial charge in [0, 0.05) is 118 Å². The van der Waals surface area contributed by atoms with Crippen LogP contribution >= 0.6 is 0 Å². The Balaban J connectivity index is 0.977. The molecule has 8 aromatic carbocycles. The zero-order valence-electron chi connectivity index (χ0n) is 49.1. The second-order valence-electron chi connectivity index (χ2n) is 21.1. The molecular weight excluding hydrogens is 1170 g/mol. The third kappa shape index (κ3) is 12.6. The first-order valence-electron chi connectivity index (χ1n) is 29.4. The van der Waals surface area contributed by atoms with Gasteiger partial charge in [-0.25, -0.2) is 29.9 Å². The lowest BCUT2D eigenvalue weighted by Gasteiger charge is -2.09. The highest BCUT2D eigenvalue weighted by Gasteiger charge is 2.25. The summed E-state index contributed by atoms with van der Waals surface area (Å²) in [6.07, 6.45) is 0. The predicted molar refractivity (Wildman–Crippen MR) is 348 cm³/mol. The topological polar surface area (TPSA) is 366 Å². The molecular formula is C68H58N16O8. The molecule has 458 valence electrons. The number of nitrogens with zero attached hydrogens (tertiary/aromatic N) is 6. The van der Waals surface area contributed by atoms with Gasteiger partial charge in [-0.05, 0) is 170 Å². The maximum atomic E-state index is 12.7. The van der Waals surface area contributed by atoms with Crippen molar-refractivity contribution in [2.75, 3.05) is 52.4 Å². The van der Waals surface area contributed by atoms with E-state index >= 15 is 0 Å². The Morgan fingerprint density at radius 1 is 0.293 bits per heavy atom. The van der Waals surface area contributed by atoms with Gasteiger partial charge in [-0.3, -0.25) is 19.2 Å². The molecule has 24 heteroatoms. The van der Waals surface area contributed by atoms with E-state index in [0.717, 1.165) is 0 Å². The Morgan fingerprint density at radius 3 is 0.837 bits per heavy atom. The Kier molecular flexibility index (Phi) is 16.7. The van der Waals surface area contributed by atoms with Gasteiger partial charge in [0.05, 0.1) is 0 Å². The number of nitrogens with one attached hydrogen (secondary N) is 6. The van der Waals surface area contributed by atoms with E-state index in [4.69, 9.17) is 71.8 Å². The summed E-state index contributed by atoms with van der Waals surface area (Å²) >= 11 is 0. The van der Waals surface area contributed by atoms with Crippen LogP contribution in [0.5, 0.6) is 46.0 Å². The molecule has 13 rings (SSSR count). The van der Waals surface area contributed by atoms with Crippen LogP contribution in [-0.2, 0) is 0 Å². The number of hydrogen-bond donors (Lipinski definition) is 10. The molecule has 0 atom stereocenters. The molecule has 2 aliphatic rings. The van der Waals surface area contributed by atoms with Crippen molar-refractivity contribution < 1.29 is 38.1 Å². The van der Waals surface area contributed by atoms with E-state index in [9.17, 15) is 19.2 Å². The van der Waals surface area contributed by atoms with E-state index in [0.29, 0.717) is 199 Å². The fourth-order valence-corrected chi connectivity index (χ4v) is 10.4. The minimum Gasteiger partial charge on any atom is -0.457 e. The molecule has 0 radical (unpaired) electrons. The molecule has 3 aromatic heterocycles. The Bertz CT molecular complexity index is 4540. The lowest BCUT2D eigenvalue weighted by molar-refractivity contribution is 0.0946. The van der Waals surface area contributed by atoms with Gasteiger partial charge in [-0.2, -0.15) is 0 Å². The van der Waals surface area contributed by atoms with E-state index in [1.165, 1.54) is 0 Å². The number of nitrogens with two attached hydrogens (primary N) is 4. The molecule has 92 heavy (non-hydrogen) atoms. The summed E-state index contributed by atoms with van der Waals surface area (Å²) in [5.74, 6) is 3.90. The average Bonchev–Trinajstić information content (AvgIpc) is 1.67. The number of rotatable bonds is 20.